The van der Waals surface area contributed by atoms with Crippen molar-refractivity contribution < 1.29 is 47.6 Å². The monoisotopic (exact) mass is 498 g/mol. The summed E-state index contributed by atoms with van der Waals surface area (Å²) >= 11 is 0. The van der Waals surface area contributed by atoms with Crippen molar-refractivity contribution in [2.45, 2.75) is 167 Å². The molecule has 0 aliphatic rings. The molecule has 0 heterocycles. The van der Waals surface area contributed by atoms with Gasteiger partial charge in [-0.1, -0.05) is 148 Å². The molecule has 1 atom stereocenters. The van der Waals surface area contributed by atoms with Gasteiger partial charge in [-0.2, -0.15) is 0 Å². The number of unbranched alkanes of at least 4 members (excludes halogenated alkanes) is 21. The molecule has 0 aromatic carbocycles. The summed E-state index contributed by atoms with van der Waals surface area (Å²) in [4.78, 5) is 0. The Morgan fingerprint density at radius 1 is 0.545 bits per heavy atom. The van der Waals surface area contributed by atoms with Gasteiger partial charge in [0, 0.05) is 5.75 Å². The van der Waals surface area contributed by atoms with E-state index in [2.05, 4.69) is 6.92 Å². The van der Waals surface area contributed by atoms with Crippen LogP contribution in [0.3, 0.4) is 0 Å². The van der Waals surface area contributed by atoms with Crippen molar-refractivity contribution in [1.29, 1.82) is 0 Å². The fraction of sp³-hybridized carbons (Fsp3) is 1.00. The van der Waals surface area contributed by atoms with Crippen LogP contribution in [0.1, 0.15) is 161 Å². The maximum atomic E-state index is 10.5. The molecule has 0 aromatic heterocycles. The van der Waals surface area contributed by atoms with Gasteiger partial charge in [0.25, 0.3) is 0 Å². The molecule has 0 aliphatic carbocycles. The molecule has 194 valence electrons. The van der Waals surface area contributed by atoms with Gasteiger partial charge < -0.3 is 9.66 Å². The summed E-state index contributed by atoms with van der Waals surface area (Å²) < 4.78 is 31.6. The molecule has 4 nitrogen and oxygen atoms in total. The van der Waals surface area contributed by atoms with Crippen LogP contribution < -0.4 is 29.6 Å². The van der Waals surface area contributed by atoms with Gasteiger partial charge in [0.05, 0.1) is 16.2 Å². The summed E-state index contributed by atoms with van der Waals surface area (Å²) in [5.41, 5.74) is 0. The van der Waals surface area contributed by atoms with Crippen LogP contribution in [0.5, 0.6) is 0 Å². The van der Waals surface area contributed by atoms with Gasteiger partial charge in [0.2, 0.25) is 0 Å². The van der Waals surface area contributed by atoms with E-state index >= 15 is 0 Å². The van der Waals surface area contributed by atoms with Gasteiger partial charge in [0.1, 0.15) is 0 Å². The molecular weight excluding hydrogens is 443 g/mol. The van der Waals surface area contributed by atoms with Crippen LogP contribution in [0, 0.1) is 0 Å². The molecule has 0 saturated carbocycles. The molecule has 33 heavy (non-hydrogen) atoms. The van der Waals surface area contributed by atoms with Crippen LogP contribution in [0.25, 0.3) is 0 Å². The zero-order chi connectivity index (χ0) is 23.8. The Balaban J connectivity index is 0. The third kappa shape index (κ3) is 32.9. The van der Waals surface area contributed by atoms with Gasteiger partial charge in [-0.3, -0.25) is 0 Å². The molecule has 0 aliphatic heterocycles. The maximum absolute atomic E-state index is 10.5. The fourth-order valence-electron chi connectivity index (χ4n) is 4.41. The third-order valence-electron chi connectivity index (χ3n) is 6.59. The smallest absolute Gasteiger partial charge is 0.748 e. The second-order valence-corrected chi connectivity index (χ2v) is 11.4. The zero-order valence-corrected chi connectivity index (χ0v) is 25.2. The van der Waals surface area contributed by atoms with E-state index in [0.717, 1.165) is 12.8 Å². The molecule has 1 unspecified atom stereocenters. The largest absolute Gasteiger partial charge is 1.00 e. The van der Waals surface area contributed by atoms with E-state index in [1.807, 2.05) is 0 Å². The molecule has 0 bridgehead atoms. The van der Waals surface area contributed by atoms with Crippen molar-refractivity contribution in [3.63, 3.8) is 0 Å². The zero-order valence-electron chi connectivity index (χ0n) is 22.3. The fourth-order valence-corrected chi connectivity index (χ4v) is 4.97. The normalized spacial score (nSPS) is 12.6. The second kappa shape index (κ2) is 27.5. The SMILES string of the molecule is CCCCCCCCCCCCCCCCCCCCCCCCC(O)CCS(=O)(=O)[O-].[Na+]. The molecule has 0 amide bonds. The van der Waals surface area contributed by atoms with Crippen molar-refractivity contribution in [2.24, 2.45) is 0 Å². The number of aliphatic hydroxyl groups excluding tert-OH is 1. The van der Waals surface area contributed by atoms with Crippen LogP contribution in [-0.2, 0) is 10.1 Å². The Labute approximate surface area is 229 Å². The van der Waals surface area contributed by atoms with E-state index in [9.17, 15) is 18.1 Å². The van der Waals surface area contributed by atoms with Gasteiger partial charge in [-0.15, -0.1) is 0 Å². The Kier molecular flexibility index (Phi) is 30.0. The molecule has 0 spiro atoms. The minimum Gasteiger partial charge on any atom is -0.748 e. The molecule has 6 heteroatoms. The van der Waals surface area contributed by atoms with Crippen LogP contribution in [0.2, 0.25) is 0 Å². The van der Waals surface area contributed by atoms with Crippen molar-refractivity contribution in [1.82, 2.24) is 0 Å². The average molecular weight is 499 g/mol. The summed E-state index contributed by atoms with van der Waals surface area (Å²) in [6.45, 7) is 2.28. The Hall–Kier alpha value is 0.870. The van der Waals surface area contributed by atoms with Crippen LogP contribution in [0.4, 0.5) is 0 Å². The van der Waals surface area contributed by atoms with Crippen LogP contribution >= 0.6 is 0 Å². The molecule has 0 rings (SSSR count). The first kappa shape index (κ1) is 36.0. The van der Waals surface area contributed by atoms with E-state index in [-0.39, 0.29) is 36.0 Å². The van der Waals surface area contributed by atoms with Crippen molar-refractivity contribution in [3.05, 3.63) is 0 Å². The maximum Gasteiger partial charge on any atom is 1.00 e. The van der Waals surface area contributed by atoms with Crippen molar-refractivity contribution >= 4 is 10.1 Å². The minimum absolute atomic E-state index is 0. The molecule has 0 fully saturated rings. The number of hydrogen-bond donors (Lipinski definition) is 1. The second-order valence-electron chi connectivity index (χ2n) is 9.92. The Morgan fingerprint density at radius 3 is 1.09 bits per heavy atom. The molecule has 0 aromatic rings. The van der Waals surface area contributed by atoms with Gasteiger partial charge in [-0.25, -0.2) is 8.42 Å². The summed E-state index contributed by atoms with van der Waals surface area (Å²) in [6.07, 6.45) is 29.8. The van der Waals surface area contributed by atoms with Crippen molar-refractivity contribution in [3.8, 4) is 0 Å². The first-order valence-electron chi connectivity index (χ1n) is 14.1. The van der Waals surface area contributed by atoms with E-state index in [1.54, 1.807) is 0 Å². The van der Waals surface area contributed by atoms with Gasteiger partial charge in [0.15, 0.2) is 0 Å². The molecule has 1 N–H and O–H groups in total. The Morgan fingerprint density at radius 2 is 0.818 bits per heavy atom. The quantitative estimate of drug-likeness (QED) is 0.1000. The number of hydrogen-bond acceptors (Lipinski definition) is 4. The number of aliphatic hydroxyl groups is 1. The predicted molar refractivity (Wildman–Crippen MR) is 137 cm³/mol. The topological polar surface area (TPSA) is 77.4 Å². The van der Waals surface area contributed by atoms with Gasteiger partial charge in [-0.05, 0) is 12.8 Å². The van der Waals surface area contributed by atoms with E-state index < -0.39 is 22.0 Å². The summed E-state index contributed by atoms with van der Waals surface area (Å²) in [7, 11) is -4.20. The molecule has 0 radical (unpaired) electrons. The Bertz CT molecular complexity index is 471. The summed E-state index contributed by atoms with van der Waals surface area (Å²) in [6, 6.07) is 0. The van der Waals surface area contributed by atoms with E-state index in [0.29, 0.717) is 6.42 Å². The van der Waals surface area contributed by atoms with Gasteiger partial charge >= 0.3 is 29.6 Å². The van der Waals surface area contributed by atoms with Crippen molar-refractivity contribution in [2.75, 3.05) is 5.75 Å². The average Bonchev–Trinajstić information content (AvgIpc) is 2.75. The first-order chi connectivity index (χ1) is 15.5. The summed E-state index contributed by atoms with van der Waals surface area (Å²) in [5, 5.41) is 9.67. The molecule has 0 saturated heterocycles. The van der Waals surface area contributed by atoms with E-state index in [1.165, 1.54) is 128 Å². The number of rotatable bonds is 26. The van der Waals surface area contributed by atoms with Crippen LogP contribution in [0.15, 0.2) is 0 Å². The minimum atomic E-state index is -4.20. The summed E-state index contributed by atoms with van der Waals surface area (Å²) in [5.74, 6) is -0.451. The standard InChI is InChI=1S/C27H56O4S.Na/c1-2-3-4-5-6-7-8-9-10-11-12-13-14-15-16-17-18-19-20-21-22-23-24-27(28)25-26-32(29,30)31;/h27-28H,2-26H2,1H3,(H,29,30,31);/q;+1/p-1. The van der Waals surface area contributed by atoms with E-state index in [4.69, 9.17) is 0 Å². The van der Waals surface area contributed by atoms with Crippen LogP contribution in [-0.4, -0.2) is 29.9 Å². The third-order valence-corrected chi connectivity index (χ3v) is 7.33. The first-order valence-corrected chi connectivity index (χ1v) is 15.6. The molecular formula is C27H55NaO4S. The predicted octanol–water partition coefficient (Wildman–Crippen LogP) is 5.28.